The minimum absolute atomic E-state index is 0.0610. The number of hydrogen-bond acceptors (Lipinski definition) is 6. The van der Waals surface area contributed by atoms with E-state index in [1.54, 1.807) is 24.3 Å². The number of esters is 2. The Hall–Kier alpha value is -3.80. The van der Waals surface area contributed by atoms with Crippen LogP contribution in [0.3, 0.4) is 0 Å². The van der Waals surface area contributed by atoms with Gasteiger partial charge in [0.25, 0.3) is 0 Å². The van der Waals surface area contributed by atoms with E-state index in [1.807, 2.05) is 54.6 Å². The first-order valence-electron chi connectivity index (χ1n) is 10.9. The van der Waals surface area contributed by atoms with Crippen molar-refractivity contribution in [3.05, 3.63) is 90.0 Å². The van der Waals surface area contributed by atoms with Crippen molar-refractivity contribution in [3.63, 3.8) is 0 Å². The highest BCUT2D eigenvalue weighted by molar-refractivity contribution is 5.93. The second-order valence-electron chi connectivity index (χ2n) is 7.40. The van der Waals surface area contributed by atoms with Gasteiger partial charge < -0.3 is 18.9 Å². The number of carbonyl (C=O) groups excluding carboxylic acids is 2. The zero-order valence-electron chi connectivity index (χ0n) is 18.9. The van der Waals surface area contributed by atoms with Gasteiger partial charge in [-0.1, -0.05) is 62.4 Å². The average molecular weight is 449 g/mol. The Balaban J connectivity index is 1.53. The predicted molar refractivity (Wildman–Crippen MR) is 125 cm³/mol. The maximum absolute atomic E-state index is 12.5. The fraction of sp³-hybridized carbons (Fsp3) is 0.259. The van der Waals surface area contributed by atoms with E-state index in [1.165, 1.54) is 0 Å². The molecule has 0 bridgehead atoms. The molecule has 1 atom stereocenters. The zero-order valence-corrected chi connectivity index (χ0v) is 18.9. The lowest BCUT2D eigenvalue weighted by atomic mass is 9.98. The minimum Gasteiger partial charge on any atom is -0.490 e. The maximum atomic E-state index is 12.5. The van der Waals surface area contributed by atoms with E-state index >= 15 is 0 Å². The smallest absolute Gasteiger partial charge is 0.349 e. The molecule has 172 valence electrons. The van der Waals surface area contributed by atoms with E-state index in [4.69, 9.17) is 18.9 Å². The molecule has 1 unspecified atom stereocenters. The number of carbonyl (C=O) groups is 2. The highest BCUT2D eigenvalue weighted by Gasteiger charge is 2.17. The van der Waals surface area contributed by atoms with Crippen LogP contribution in [0.1, 0.15) is 42.1 Å². The molecule has 0 saturated carbocycles. The summed E-state index contributed by atoms with van der Waals surface area (Å²) in [6.45, 7) is 4.20. The molecule has 0 aliphatic heterocycles. The van der Waals surface area contributed by atoms with Crippen LogP contribution in [-0.2, 0) is 9.53 Å². The molecule has 0 aliphatic carbocycles. The molecule has 6 nitrogen and oxygen atoms in total. The van der Waals surface area contributed by atoms with Crippen molar-refractivity contribution in [1.29, 1.82) is 0 Å². The molecule has 0 heterocycles. The van der Waals surface area contributed by atoms with Crippen molar-refractivity contribution >= 4 is 11.9 Å². The third-order valence-corrected chi connectivity index (χ3v) is 5.07. The van der Waals surface area contributed by atoms with Crippen LogP contribution in [0, 0.1) is 0 Å². The predicted octanol–water partition coefficient (Wildman–Crippen LogP) is 5.42. The lowest BCUT2D eigenvalue weighted by Crippen LogP contribution is -2.20. The van der Waals surface area contributed by atoms with Crippen molar-refractivity contribution in [1.82, 2.24) is 0 Å². The molecule has 33 heavy (non-hydrogen) atoms. The summed E-state index contributed by atoms with van der Waals surface area (Å²) in [5, 5.41) is 0. The summed E-state index contributed by atoms with van der Waals surface area (Å²) < 4.78 is 21.9. The fourth-order valence-electron chi connectivity index (χ4n) is 3.14. The Morgan fingerprint density at radius 1 is 0.788 bits per heavy atom. The van der Waals surface area contributed by atoms with Gasteiger partial charge >= 0.3 is 11.9 Å². The summed E-state index contributed by atoms with van der Waals surface area (Å²) in [5.74, 6) is 0.557. The summed E-state index contributed by atoms with van der Waals surface area (Å²) in [7, 11) is 0. The first kappa shape index (κ1) is 23.9. The van der Waals surface area contributed by atoms with Crippen LogP contribution in [0.4, 0.5) is 0 Å². The van der Waals surface area contributed by atoms with Gasteiger partial charge in [-0.25, -0.2) is 9.59 Å². The molecule has 3 rings (SSSR count). The monoisotopic (exact) mass is 448 g/mol. The average Bonchev–Trinajstić information content (AvgIpc) is 2.86. The Kier molecular flexibility index (Phi) is 8.88. The van der Waals surface area contributed by atoms with E-state index < -0.39 is 11.9 Å². The molecule has 0 spiro atoms. The van der Waals surface area contributed by atoms with E-state index in [0.717, 1.165) is 12.0 Å². The van der Waals surface area contributed by atoms with Crippen molar-refractivity contribution < 1.29 is 28.5 Å². The second-order valence-corrected chi connectivity index (χ2v) is 7.40. The normalized spacial score (nSPS) is 11.3. The Labute approximate surface area is 194 Å². The first-order valence-corrected chi connectivity index (χ1v) is 10.9. The number of benzene rings is 3. The fourth-order valence-corrected chi connectivity index (χ4v) is 3.14. The molecular weight excluding hydrogens is 420 g/mol. The largest absolute Gasteiger partial charge is 0.490 e. The van der Waals surface area contributed by atoms with Crippen molar-refractivity contribution in [3.8, 4) is 17.2 Å². The standard InChI is InChI=1S/C27H28O6/c1-3-20(2)22-13-7-9-15-24(22)32-19-26(28)33-25-16-10-8-14-23(25)27(29)31-18-17-30-21-11-5-4-6-12-21/h4-16,20H,3,17-19H2,1-2H3. The highest BCUT2D eigenvalue weighted by Crippen LogP contribution is 2.28. The third-order valence-electron chi connectivity index (χ3n) is 5.07. The van der Waals surface area contributed by atoms with Gasteiger partial charge in [0.1, 0.15) is 36.0 Å². The van der Waals surface area contributed by atoms with Crippen LogP contribution in [-0.4, -0.2) is 31.8 Å². The maximum Gasteiger partial charge on any atom is 0.349 e. The van der Waals surface area contributed by atoms with Gasteiger partial charge in [-0.2, -0.15) is 0 Å². The molecule has 3 aromatic rings. The SMILES string of the molecule is CCC(C)c1ccccc1OCC(=O)Oc1ccccc1C(=O)OCCOc1ccccc1. The molecule has 0 aromatic heterocycles. The van der Waals surface area contributed by atoms with E-state index in [2.05, 4.69) is 13.8 Å². The van der Waals surface area contributed by atoms with E-state index in [-0.39, 0.29) is 31.1 Å². The molecule has 6 heteroatoms. The van der Waals surface area contributed by atoms with Crippen LogP contribution in [0.5, 0.6) is 17.2 Å². The van der Waals surface area contributed by atoms with Crippen molar-refractivity contribution in [2.45, 2.75) is 26.2 Å². The van der Waals surface area contributed by atoms with Gasteiger partial charge in [-0.3, -0.25) is 0 Å². The Morgan fingerprint density at radius 2 is 1.45 bits per heavy atom. The molecule has 0 fully saturated rings. The second kappa shape index (κ2) is 12.3. The van der Waals surface area contributed by atoms with Gasteiger partial charge in [-0.05, 0) is 48.2 Å². The van der Waals surface area contributed by atoms with Gasteiger partial charge in [-0.15, -0.1) is 0 Å². The summed E-state index contributed by atoms with van der Waals surface area (Å²) in [6, 6.07) is 23.3. The van der Waals surface area contributed by atoms with E-state index in [0.29, 0.717) is 17.4 Å². The van der Waals surface area contributed by atoms with Crippen LogP contribution in [0.15, 0.2) is 78.9 Å². The van der Waals surface area contributed by atoms with Crippen LogP contribution in [0.25, 0.3) is 0 Å². The molecule has 0 radical (unpaired) electrons. The van der Waals surface area contributed by atoms with E-state index in [9.17, 15) is 9.59 Å². The van der Waals surface area contributed by atoms with Crippen LogP contribution in [0.2, 0.25) is 0 Å². The van der Waals surface area contributed by atoms with Gasteiger partial charge in [0.2, 0.25) is 0 Å². The Bertz CT molecular complexity index is 1050. The topological polar surface area (TPSA) is 71.1 Å². The number of hydrogen-bond donors (Lipinski definition) is 0. The van der Waals surface area contributed by atoms with Crippen LogP contribution >= 0.6 is 0 Å². The lowest BCUT2D eigenvalue weighted by Gasteiger charge is -2.15. The van der Waals surface area contributed by atoms with Gasteiger partial charge in [0.05, 0.1) is 0 Å². The minimum atomic E-state index is -0.610. The zero-order chi connectivity index (χ0) is 23.5. The summed E-state index contributed by atoms with van der Waals surface area (Å²) in [5.41, 5.74) is 1.19. The van der Waals surface area contributed by atoms with Crippen molar-refractivity contribution in [2.24, 2.45) is 0 Å². The quantitative estimate of drug-likeness (QED) is 0.222. The summed E-state index contributed by atoms with van der Waals surface area (Å²) in [6.07, 6.45) is 0.955. The molecule has 0 amide bonds. The first-order chi connectivity index (χ1) is 16.1. The molecule has 0 N–H and O–H groups in total. The summed E-state index contributed by atoms with van der Waals surface area (Å²) in [4.78, 5) is 24.9. The molecule has 0 saturated heterocycles. The molecular formula is C27H28O6. The third kappa shape index (κ3) is 7.10. The number of rotatable bonds is 11. The highest BCUT2D eigenvalue weighted by atomic mass is 16.6. The van der Waals surface area contributed by atoms with Crippen molar-refractivity contribution in [2.75, 3.05) is 19.8 Å². The van der Waals surface area contributed by atoms with Crippen LogP contribution < -0.4 is 14.2 Å². The number of para-hydroxylation sites is 3. The molecule has 0 aliphatic rings. The van der Waals surface area contributed by atoms with Gasteiger partial charge in [0, 0.05) is 0 Å². The summed E-state index contributed by atoms with van der Waals surface area (Å²) >= 11 is 0. The molecule has 3 aromatic carbocycles. The Morgan fingerprint density at radius 3 is 2.21 bits per heavy atom. The van der Waals surface area contributed by atoms with Gasteiger partial charge in [0.15, 0.2) is 6.61 Å². The lowest BCUT2D eigenvalue weighted by molar-refractivity contribution is -0.136. The number of ether oxygens (including phenoxy) is 4.